The normalized spacial score (nSPS) is 8.00. The molecule has 4 aromatic rings. The van der Waals surface area contributed by atoms with Gasteiger partial charge in [-0.3, -0.25) is 0 Å². The molecule has 0 atom stereocenters. The second kappa shape index (κ2) is 27.9. The van der Waals surface area contributed by atoms with Gasteiger partial charge in [0.2, 0.25) is 0 Å². The minimum Gasteiger partial charge on any atom is -0.545 e. The molecule has 4 aromatic carbocycles. The quantitative estimate of drug-likeness (QED) is 0.217. The van der Waals surface area contributed by atoms with Crippen LogP contribution in [0.15, 0.2) is 121 Å². The molecule has 0 spiro atoms. The topological polar surface area (TPSA) is 161 Å². The predicted octanol–water partition coefficient (Wildman–Crippen LogP) is -11.8. The molecule has 0 radical (unpaired) electrons. The van der Waals surface area contributed by atoms with E-state index in [2.05, 4.69) is 0 Å². The van der Waals surface area contributed by atoms with Crippen molar-refractivity contribution in [2.45, 2.75) is 0 Å². The van der Waals surface area contributed by atoms with Gasteiger partial charge in [0.25, 0.3) is 0 Å². The Balaban J connectivity index is -0.000000209. The van der Waals surface area contributed by atoms with E-state index < -0.39 is 23.9 Å². The predicted molar refractivity (Wildman–Crippen MR) is 123 cm³/mol. The first kappa shape index (κ1) is 45.7. The largest absolute Gasteiger partial charge is 1.00 e. The molecule has 0 aliphatic heterocycles. The SMILES string of the molecule is O=C([O-])c1ccccc1.O=C([O-])c1ccccc1.O=C([O-])c1ccccc1.O=C([O-])c1ccccc1.[Na+].[Na+].[Na+].[Na+]. The van der Waals surface area contributed by atoms with Crippen molar-refractivity contribution in [3.63, 3.8) is 0 Å². The molecule has 0 heterocycles. The number of carboxylic acids is 4. The zero-order chi connectivity index (χ0) is 26.8. The maximum atomic E-state index is 10.1. The molecule has 0 aromatic heterocycles. The Hall–Kier alpha value is -1.24. The Labute approximate surface area is 321 Å². The van der Waals surface area contributed by atoms with Crippen molar-refractivity contribution in [2.75, 3.05) is 0 Å². The van der Waals surface area contributed by atoms with Gasteiger partial charge in [-0.05, 0) is 22.3 Å². The molecule has 0 fully saturated rings. The van der Waals surface area contributed by atoms with E-state index in [9.17, 15) is 39.6 Å². The zero-order valence-corrected chi connectivity index (χ0v) is 30.8. The van der Waals surface area contributed by atoms with Crippen molar-refractivity contribution in [3.8, 4) is 0 Å². The van der Waals surface area contributed by atoms with Gasteiger partial charge >= 0.3 is 118 Å². The Morgan fingerprint density at radius 2 is 0.425 bits per heavy atom. The number of aromatic carboxylic acids is 4. The van der Waals surface area contributed by atoms with Gasteiger partial charge < -0.3 is 39.6 Å². The standard InChI is InChI=1S/4C7H6O2.4Na/c4*8-7(9)6-4-2-1-3-5-6;;;;/h4*1-5H,(H,8,9);;;;/q;;;;4*+1/p-4. The molecular weight excluding hydrogens is 556 g/mol. The van der Waals surface area contributed by atoms with E-state index >= 15 is 0 Å². The first-order valence-corrected chi connectivity index (χ1v) is 10.3. The van der Waals surface area contributed by atoms with Crippen LogP contribution >= 0.6 is 0 Å². The zero-order valence-electron chi connectivity index (χ0n) is 22.8. The van der Waals surface area contributed by atoms with Crippen LogP contribution in [-0.2, 0) is 0 Å². The molecule has 40 heavy (non-hydrogen) atoms. The molecule has 0 amide bonds. The number of hydrogen-bond acceptors (Lipinski definition) is 8. The number of carbonyl (C=O) groups excluding carboxylic acids is 4. The molecule has 0 saturated carbocycles. The molecule has 0 unspecified atom stereocenters. The van der Waals surface area contributed by atoms with Crippen LogP contribution in [0.2, 0.25) is 0 Å². The molecule has 0 aliphatic carbocycles. The van der Waals surface area contributed by atoms with Crippen LogP contribution < -0.4 is 139 Å². The smallest absolute Gasteiger partial charge is 0.545 e. The van der Waals surface area contributed by atoms with Gasteiger partial charge in [-0.2, -0.15) is 0 Å². The Kier molecular flexibility index (Phi) is 31.9. The molecular formula is C28H20Na4O8. The van der Waals surface area contributed by atoms with Crippen LogP contribution in [0.4, 0.5) is 0 Å². The van der Waals surface area contributed by atoms with E-state index in [-0.39, 0.29) is 140 Å². The van der Waals surface area contributed by atoms with Crippen molar-refractivity contribution in [2.24, 2.45) is 0 Å². The van der Waals surface area contributed by atoms with Gasteiger partial charge in [-0.25, -0.2) is 0 Å². The fourth-order valence-electron chi connectivity index (χ4n) is 2.30. The van der Waals surface area contributed by atoms with Crippen molar-refractivity contribution >= 4 is 23.9 Å². The summed E-state index contributed by atoms with van der Waals surface area (Å²) in [5, 5.41) is 40.4. The molecule has 0 aliphatic rings. The summed E-state index contributed by atoms with van der Waals surface area (Å²) >= 11 is 0. The average Bonchev–Trinajstić information content (AvgIpc) is 2.92. The van der Waals surface area contributed by atoms with Crippen molar-refractivity contribution in [3.05, 3.63) is 144 Å². The van der Waals surface area contributed by atoms with E-state index in [0.717, 1.165) is 0 Å². The molecule has 0 bridgehead atoms. The first-order valence-electron chi connectivity index (χ1n) is 10.3. The Bertz CT molecular complexity index is 1030. The summed E-state index contributed by atoms with van der Waals surface area (Å²) in [7, 11) is 0. The number of hydrogen-bond donors (Lipinski definition) is 0. The first-order chi connectivity index (χ1) is 17.2. The summed E-state index contributed by atoms with van der Waals surface area (Å²) in [5.74, 6) is -4.52. The summed E-state index contributed by atoms with van der Waals surface area (Å²) in [6.07, 6.45) is 0. The molecule has 4 rings (SSSR count). The van der Waals surface area contributed by atoms with E-state index in [1.165, 1.54) is 48.5 Å². The molecule has 12 heteroatoms. The second-order valence-corrected chi connectivity index (χ2v) is 6.61. The number of rotatable bonds is 4. The van der Waals surface area contributed by atoms with E-state index in [1.807, 2.05) is 0 Å². The maximum absolute atomic E-state index is 10.1. The Morgan fingerprint density at radius 3 is 0.500 bits per heavy atom. The third-order valence-electron chi connectivity index (χ3n) is 4.04. The van der Waals surface area contributed by atoms with E-state index in [0.29, 0.717) is 0 Å². The van der Waals surface area contributed by atoms with Crippen LogP contribution in [0.25, 0.3) is 0 Å². The second-order valence-electron chi connectivity index (χ2n) is 6.61. The van der Waals surface area contributed by atoms with Crippen LogP contribution in [0.3, 0.4) is 0 Å². The number of carbonyl (C=O) groups is 4. The number of benzene rings is 4. The van der Waals surface area contributed by atoms with Gasteiger partial charge in [0.15, 0.2) is 0 Å². The van der Waals surface area contributed by atoms with Crippen LogP contribution in [-0.4, -0.2) is 23.9 Å². The molecule has 8 nitrogen and oxygen atoms in total. The maximum Gasteiger partial charge on any atom is 1.00 e. The monoisotopic (exact) mass is 576 g/mol. The van der Waals surface area contributed by atoms with E-state index in [1.54, 1.807) is 72.8 Å². The molecule has 0 N–H and O–H groups in total. The van der Waals surface area contributed by atoms with Gasteiger partial charge in [0, 0.05) is 0 Å². The van der Waals surface area contributed by atoms with Crippen molar-refractivity contribution < 1.29 is 158 Å². The summed E-state index contributed by atoms with van der Waals surface area (Å²) in [5.41, 5.74) is 0.880. The number of carboxylic acid groups (broad SMARTS) is 4. The minimum atomic E-state index is -1.13. The van der Waals surface area contributed by atoms with Crippen LogP contribution in [0.5, 0.6) is 0 Å². The van der Waals surface area contributed by atoms with E-state index in [4.69, 9.17) is 0 Å². The van der Waals surface area contributed by atoms with Crippen molar-refractivity contribution in [1.29, 1.82) is 0 Å². The van der Waals surface area contributed by atoms with Gasteiger partial charge in [-0.15, -0.1) is 0 Å². The summed E-state index contributed by atoms with van der Waals surface area (Å²) in [4.78, 5) is 40.4. The summed E-state index contributed by atoms with van der Waals surface area (Å²) in [6, 6.07) is 32.3. The minimum absolute atomic E-state index is 0. The van der Waals surface area contributed by atoms with Crippen LogP contribution in [0.1, 0.15) is 41.4 Å². The van der Waals surface area contributed by atoms with Gasteiger partial charge in [0.05, 0.1) is 23.9 Å². The Morgan fingerprint density at radius 1 is 0.300 bits per heavy atom. The summed E-state index contributed by atoms with van der Waals surface area (Å²) in [6.45, 7) is 0. The fraction of sp³-hybridized carbons (Fsp3) is 0. The average molecular weight is 576 g/mol. The van der Waals surface area contributed by atoms with Crippen molar-refractivity contribution in [1.82, 2.24) is 0 Å². The fourth-order valence-corrected chi connectivity index (χ4v) is 2.30. The third-order valence-corrected chi connectivity index (χ3v) is 4.04. The molecule has 184 valence electrons. The molecule has 0 saturated heterocycles. The summed E-state index contributed by atoms with van der Waals surface area (Å²) < 4.78 is 0. The van der Waals surface area contributed by atoms with Crippen LogP contribution in [0, 0.1) is 0 Å². The van der Waals surface area contributed by atoms with Gasteiger partial charge in [0.1, 0.15) is 0 Å². The van der Waals surface area contributed by atoms with Gasteiger partial charge in [-0.1, -0.05) is 121 Å². The third kappa shape index (κ3) is 21.5.